The van der Waals surface area contributed by atoms with Gasteiger partial charge in [0.05, 0.1) is 11.2 Å². The first-order chi connectivity index (χ1) is 11.4. The van der Waals surface area contributed by atoms with Gasteiger partial charge in [0, 0.05) is 42.2 Å². The Kier molecular flexibility index (Phi) is 3.88. The van der Waals surface area contributed by atoms with Gasteiger partial charge in [-0.1, -0.05) is 0 Å². The van der Waals surface area contributed by atoms with Crippen molar-refractivity contribution in [1.82, 2.24) is 15.3 Å². The molecule has 3 aromatic rings. The second-order valence-corrected chi connectivity index (χ2v) is 5.29. The summed E-state index contributed by atoms with van der Waals surface area (Å²) in [7, 11) is 0. The van der Waals surface area contributed by atoms with Gasteiger partial charge in [0.15, 0.2) is 11.6 Å². The van der Waals surface area contributed by atoms with Crippen LogP contribution in [-0.4, -0.2) is 15.9 Å². The largest absolute Gasteiger partial charge is 0.381 e. The van der Waals surface area contributed by atoms with E-state index >= 15 is 0 Å². The number of rotatable bonds is 3. The number of nitrogen functional groups attached to an aromatic ring is 1. The van der Waals surface area contributed by atoms with Gasteiger partial charge in [-0.3, -0.25) is 4.79 Å². The molecular weight excluding hydrogens is 321 g/mol. The van der Waals surface area contributed by atoms with Crippen LogP contribution in [0.2, 0.25) is 0 Å². The maximum atomic E-state index is 13.8. The van der Waals surface area contributed by atoms with Crippen LogP contribution in [0, 0.1) is 17.5 Å². The topological polar surface area (TPSA) is 83.8 Å². The third-order valence-corrected chi connectivity index (χ3v) is 3.57. The first-order valence-corrected chi connectivity index (χ1v) is 7.02. The predicted molar refractivity (Wildman–Crippen MR) is 83.3 cm³/mol. The summed E-state index contributed by atoms with van der Waals surface area (Å²) in [6.45, 7) is 1.32. The number of carbonyl (C=O) groups excluding carboxylic acids is 1. The number of benzene rings is 1. The fourth-order valence-corrected chi connectivity index (χ4v) is 2.48. The van der Waals surface area contributed by atoms with E-state index in [9.17, 15) is 18.0 Å². The summed E-state index contributed by atoms with van der Waals surface area (Å²) in [6.07, 6.45) is 1.43. The van der Waals surface area contributed by atoms with Crippen LogP contribution in [0.5, 0.6) is 0 Å². The molecule has 5 nitrogen and oxygen atoms in total. The molecule has 0 spiro atoms. The highest BCUT2D eigenvalue weighted by Crippen LogP contribution is 2.32. The molecule has 0 saturated heterocycles. The minimum Gasteiger partial charge on any atom is -0.381 e. The monoisotopic (exact) mass is 334 g/mol. The number of halogens is 3. The van der Waals surface area contributed by atoms with E-state index in [1.165, 1.54) is 13.1 Å². The number of anilines is 1. The van der Waals surface area contributed by atoms with Crippen molar-refractivity contribution in [2.75, 3.05) is 5.73 Å². The Balaban J connectivity index is 2.21. The van der Waals surface area contributed by atoms with Gasteiger partial charge in [-0.25, -0.2) is 18.2 Å². The molecule has 0 fully saturated rings. The number of H-pyrrole nitrogens is 1. The molecule has 2 heterocycles. The Labute approximate surface area is 134 Å². The van der Waals surface area contributed by atoms with Gasteiger partial charge in [0.25, 0.3) is 0 Å². The SMILES string of the molecule is CC(=O)NCc1cc(F)c(N)nc1-c1c[nH]c2c(F)cc(F)cc12. The lowest BCUT2D eigenvalue weighted by Gasteiger charge is -2.10. The molecule has 0 saturated carbocycles. The Morgan fingerprint density at radius 1 is 1.25 bits per heavy atom. The third-order valence-electron chi connectivity index (χ3n) is 3.57. The molecule has 0 unspecified atom stereocenters. The van der Waals surface area contributed by atoms with Crippen LogP contribution in [0.1, 0.15) is 12.5 Å². The number of amides is 1. The molecule has 0 bridgehead atoms. The maximum absolute atomic E-state index is 13.8. The molecule has 0 aliphatic rings. The summed E-state index contributed by atoms with van der Waals surface area (Å²) < 4.78 is 41.1. The minimum atomic E-state index is -0.755. The Hall–Kier alpha value is -3.03. The molecule has 4 N–H and O–H groups in total. The normalized spacial score (nSPS) is 11.0. The van der Waals surface area contributed by atoms with E-state index < -0.39 is 17.5 Å². The molecule has 124 valence electrons. The number of carbonyl (C=O) groups is 1. The van der Waals surface area contributed by atoms with Crippen molar-refractivity contribution in [3.8, 4) is 11.3 Å². The van der Waals surface area contributed by atoms with Gasteiger partial charge in [0.2, 0.25) is 5.91 Å². The smallest absolute Gasteiger partial charge is 0.217 e. The van der Waals surface area contributed by atoms with Crippen molar-refractivity contribution in [3.63, 3.8) is 0 Å². The molecule has 0 atom stereocenters. The zero-order valence-corrected chi connectivity index (χ0v) is 12.6. The highest BCUT2D eigenvalue weighted by Gasteiger charge is 2.17. The fraction of sp³-hybridized carbons (Fsp3) is 0.125. The molecule has 24 heavy (non-hydrogen) atoms. The molecule has 0 radical (unpaired) electrons. The Morgan fingerprint density at radius 2 is 2.00 bits per heavy atom. The second kappa shape index (κ2) is 5.88. The molecule has 0 aliphatic heterocycles. The van der Waals surface area contributed by atoms with Crippen molar-refractivity contribution in [3.05, 3.63) is 47.4 Å². The Morgan fingerprint density at radius 3 is 2.71 bits per heavy atom. The van der Waals surface area contributed by atoms with Crippen LogP contribution in [0.4, 0.5) is 19.0 Å². The predicted octanol–water partition coefficient (Wildman–Crippen LogP) is 2.87. The van der Waals surface area contributed by atoms with Crippen LogP contribution in [-0.2, 0) is 11.3 Å². The fourth-order valence-electron chi connectivity index (χ4n) is 2.48. The van der Waals surface area contributed by atoms with E-state index in [0.717, 1.165) is 18.2 Å². The van der Waals surface area contributed by atoms with E-state index in [4.69, 9.17) is 5.73 Å². The summed E-state index contributed by atoms with van der Waals surface area (Å²) in [5.41, 5.74) is 6.55. The average molecular weight is 334 g/mol. The number of aromatic nitrogens is 2. The zero-order chi connectivity index (χ0) is 17.4. The lowest BCUT2D eigenvalue weighted by Crippen LogP contribution is -2.20. The number of nitrogens with two attached hydrogens (primary N) is 1. The molecule has 2 aromatic heterocycles. The van der Waals surface area contributed by atoms with Gasteiger partial charge >= 0.3 is 0 Å². The number of nitrogens with one attached hydrogen (secondary N) is 2. The molecule has 8 heteroatoms. The second-order valence-electron chi connectivity index (χ2n) is 5.29. The number of nitrogens with zero attached hydrogens (tertiary/aromatic N) is 1. The standard InChI is InChI=1S/C16H13F3N4O/c1-7(24)21-5-8-2-13(19)16(20)23-14(8)11-6-22-15-10(11)3-9(17)4-12(15)18/h2-4,6,22H,5H2,1H3,(H2,20,23)(H,21,24). The molecule has 0 aliphatic carbocycles. The number of hydrogen-bond acceptors (Lipinski definition) is 3. The van der Waals surface area contributed by atoms with Gasteiger partial charge in [-0.15, -0.1) is 0 Å². The third kappa shape index (κ3) is 2.78. The van der Waals surface area contributed by atoms with Crippen LogP contribution in [0.15, 0.2) is 24.4 Å². The van der Waals surface area contributed by atoms with Gasteiger partial charge in [-0.2, -0.15) is 0 Å². The van der Waals surface area contributed by atoms with Crippen molar-refractivity contribution in [1.29, 1.82) is 0 Å². The first-order valence-electron chi connectivity index (χ1n) is 7.02. The van der Waals surface area contributed by atoms with Gasteiger partial charge in [0.1, 0.15) is 11.6 Å². The van der Waals surface area contributed by atoms with Crippen LogP contribution >= 0.6 is 0 Å². The zero-order valence-electron chi connectivity index (χ0n) is 12.6. The van der Waals surface area contributed by atoms with Crippen molar-refractivity contribution in [2.45, 2.75) is 13.5 Å². The molecule has 1 amide bonds. The summed E-state index contributed by atoms with van der Waals surface area (Å²) >= 11 is 0. The quantitative estimate of drug-likeness (QED) is 0.689. The van der Waals surface area contributed by atoms with Crippen molar-refractivity contribution in [2.24, 2.45) is 0 Å². The lowest BCUT2D eigenvalue weighted by molar-refractivity contribution is -0.119. The van der Waals surface area contributed by atoms with Gasteiger partial charge in [-0.05, 0) is 12.1 Å². The molecule has 3 rings (SSSR count). The summed E-state index contributed by atoms with van der Waals surface area (Å²) in [4.78, 5) is 17.8. The maximum Gasteiger partial charge on any atom is 0.217 e. The van der Waals surface area contributed by atoms with Crippen LogP contribution in [0.3, 0.4) is 0 Å². The summed E-state index contributed by atoms with van der Waals surface area (Å²) in [6, 6.07) is 3.04. The van der Waals surface area contributed by atoms with E-state index in [1.807, 2.05) is 0 Å². The highest BCUT2D eigenvalue weighted by atomic mass is 19.1. The summed E-state index contributed by atoms with van der Waals surface area (Å²) in [5, 5.41) is 2.78. The first kappa shape index (κ1) is 15.9. The summed E-state index contributed by atoms with van der Waals surface area (Å²) in [5.74, 6) is -2.90. The number of hydrogen-bond donors (Lipinski definition) is 3. The van der Waals surface area contributed by atoms with Crippen molar-refractivity contribution < 1.29 is 18.0 Å². The minimum absolute atomic E-state index is 0.000657. The molecule has 1 aromatic carbocycles. The number of aromatic amines is 1. The number of pyridine rings is 1. The Bertz CT molecular complexity index is 952. The lowest BCUT2D eigenvalue weighted by atomic mass is 10.0. The van der Waals surface area contributed by atoms with Crippen molar-refractivity contribution >= 4 is 22.6 Å². The van der Waals surface area contributed by atoms with Crippen LogP contribution in [0.25, 0.3) is 22.2 Å². The van der Waals surface area contributed by atoms with E-state index in [2.05, 4.69) is 15.3 Å². The van der Waals surface area contributed by atoms with Crippen LogP contribution < -0.4 is 11.1 Å². The van der Waals surface area contributed by atoms with E-state index in [-0.39, 0.29) is 34.9 Å². The van der Waals surface area contributed by atoms with Gasteiger partial charge < -0.3 is 16.0 Å². The number of fused-ring (bicyclic) bond motifs is 1. The molecular formula is C16H13F3N4O. The average Bonchev–Trinajstić information content (AvgIpc) is 2.91. The van der Waals surface area contributed by atoms with E-state index in [1.54, 1.807) is 0 Å². The van der Waals surface area contributed by atoms with E-state index in [0.29, 0.717) is 11.1 Å². The highest BCUT2D eigenvalue weighted by molar-refractivity contribution is 5.95.